The molecule has 1 amide bonds. The van der Waals surface area contributed by atoms with Crippen LogP contribution >= 0.6 is 0 Å². The van der Waals surface area contributed by atoms with Crippen molar-refractivity contribution in [2.24, 2.45) is 5.92 Å². The van der Waals surface area contributed by atoms with Crippen molar-refractivity contribution in [2.75, 3.05) is 32.8 Å². The van der Waals surface area contributed by atoms with Gasteiger partial charge < -0.3 is 9.64 Å². The normalized spacial score (nSPS) is 26.4. The van der Waals surface area contributed by atoms with Gasteiger partial charge in [0.2, 0.25) is 5.91 Å². The van der Waals surface area contributed by atoms with E-state index < -0.39 is 0 Å². The molecule has 2 saturated heterocycles. The topological polar surface area (TPSA) is 32.8 Å². The third kappa shape index (κ3) is 2.41. The van der Waals surface area contributed by atoms with Gasteiger partial charge in [0.25, 0.3) is 0 Å². The van der Waals surface area contributed by atoms with Gasteiger partial charge >= 0.3 is 0 Å². The average molecular weight is 252 g/mol. The standard InChI is InChI=1S/C14H24N2O2/c1-2-16(12-5-7-18-8-6-12)13-9-15(10-13)14(17)11-3-4-11/h11-13H,2-10H2,1H3. The second-order valence-corrected chi connectivity index (χ2v) is 5.85. The van der Waals surface area contributed by atoms with Crippen molar-refractivity contribution < 1.29 is 9.53 Å². The lowest BCUT2D eigenvalue weighted by molar-refractivity contribution is -0.141. The molecule has 102 valence electrons. The fraction of sp³-hybridized carbons (Fsp3) is 0.929. The highest BCUT2D eigenvalue weighted by molar-refractivity contribution is 5.81. The maximum Gasteiger partial charge on any atom is 0.225 e. The quantitative estimate of drug-likeness (QED) is 0.751. The van der Waals surface area contributed by atoms with Crippen LogP contribution in [0.4, 0.5) is 0 Å². The molecule has 0 radical (unpaired) electrons. The predicted octanol–water partition coefficient (Wildman–Crippen LogP) is 1.11. The highest BCUT2D eigenvalue weighted by Gasteiger charge is 2.42. The Bertz CT molecular complexity index is 305. The Hall–Kier alpha value is -0.610. The van der Waals surface area contributed by atoms with Crippen LogP contribution in [0.25, 0.3) is 0 Å². The number of amides is 1. The first-order chi connectivity index (χ1) is 8.79. The fourth-order valence-electron chi connectivity index (χ4n) is 3.26. The SMILES string of the molecule is CCN(C1CCOCC1)C1CN(C(=O)C2CC2)C1. The number of hydrogen-bond donors (Lipinski definition) is 0. The van der Waals surface area contributed by atoms with Gasteiger partial charge in [0.15, 0.2) is 0 Å². The van der Waals surface area contributed by atoms with Gasteiger partial charge in [0.05, 0.1) is 0 Å². The molecule has 4 nitrogen and oxygen atoms in total. The molecule has 1 saturated carbocycles. The minimum atomic E-state index is 0.379. The van der Waals surface area contributed by atoms with Crippen LogP contribution in [0.3, 0.4) is 0 Å². The summed E-state index contributed by atoms with van der Waals surface area (Å²) in [6.07, 6.45) is 4.55. The number of likely N-dealkylation sites (N-methyl/N-ethyl adjacent to an activating group) is 1. The first kappa shape index (κ1) is 12.4. The monoisotopic (exact) mass is 252 g/mol. The highest BCUT2D eigenvalue weighted by Crippen LogP contribution is 2.33. The summed E-state index contributed by atoms with van der Waals surface area (Å²) in [5.74, 6) is 0.790. The van der Waals surface area contributed by atoms with Crippen LogP contribution < -0.4 is 0 Å². The summed E-state index contributed by atoms with van der Waals surface area (Å²) in [7, 11) is 0. The molecular formula is C14H24N2O2. The first-order valence-electron chi connectivity index (χ1n) is 7.42. The highest BCUT2D eigenvalue weighted by atomic mass is 16.5. The maximum atomic E-state index is 11.9. The molecule has 0 N–H and O–H groups in total. The summed E-state index contributed by atoms with van der Waals surface area (Å²) in [6, 6.07) is 1.27. The predicted molar refractivity (Wildman–Crippen MR) is 69.3 cm³/mol. The van der Waals surface area contributed by atoms with E-state index in [2.05, 4.69) is 16.7 Å². The van der Waals surface area contributed by atoms with E-state index in [0.717, 1.165) is 58.5 Å². The van der Waals surface area contributed by atoms with Crippen molar-refractivity contribution in [1.29, 1.82) is 0 Å². The van der Waals surface area contributed by atoms with E-state index >= 15 is 0 Å². The number of rotatable bonds is 4. The van der Waals surface area contributed by atoms with E-state index in [4.69, 9.17) is 4.74 Å². The van der Waals surface area contributed by atoms with Crippen molar-refractivity contribution in [3.63, 3.8) is 0 Å². The van der Waals surface area contributed by atoms with E-state index in [-0.39, 0.29) is 0 Å². The lowest BCUT2D eigenvalue weighted by atomic mass is 9.99. The summed E-state index contributed by atoms with van der Waals surface area (Å²) < 4.78 is 5.43. The number of hydrogen-bond acceptors (Lipinski definition) is 3. The Morgan fingerprint density at radius 2 is 1.83 bits per heavy atom. The molecule has 0 atom stereocenters. The number of likely N-dealkylation sites (tertiary alicyclic amines) is 1. The van der Waals surface area contributed by atoms with Crippen molar-refractivity contribution in [2.45, 2.75) is 44.7 Å². The Labute approximate surface area is 109 Å². The van der Waals surface area contributed by atoms with Gasteiger partial charge in [-0.2, -0.15) is 0 Å². The van der Waals surface area contributed by atoms with Gasteiger partial charge in [-0.15, -0.1) is 0 Å². The lowest BCUT2D eigenvalue weighted by Gasteiger charge is -2.48. The molecular weight excluding hydrogens is 228 g/mol. The summed E-state index contributed by atoms with van der Waals surface area (Å²) in [5.41, 5.74) is 0. The van der Waals surface area contributed by atoms with Crippen LogP contribution in [-0.2, 0) is 9.53 Å². The van der Waals surface area contributed by atoms with Gasteiger partial charge in [-0.05, 0) is 32.2 Å². The molecule has 3 rings (SSSR count). The van der Waals surface area contributed by atoms with E-state index in [0.29, 0.717) is 23.9 Å². The third-order valence-corrected chi connectivity index (χ3v) is 4.59. The van der Waals surface area contributed by atoms with Crippen LogP contribution in [0.2, 0.25) is 0 Å². The van der Waals surface area contributed by atoms with E-state index in [1.165, 1.54) is 0 Å². The largest absolute Gasteiger partial charge is 0.381 e. The molecule has 0 bridgehead atoms. The van der Waals surface area contributed by atoms with Crippen molar-refractivity contribution in [3.05, 3.63) is 0 Å². The summed E-state index contributed by atoms with van der Waals surface area (Å²) in [6.45, 7) is 7.06. The van der Waals surface area contributed by atoms with E-state index in [1.807, 2.05) is 0 Å². The Morgan fingerprint density at radius 3 is 2.39 bits per heavy atom. The molecule has 1 aliphatic carbocycles. The lowest BCUT2D eigenvalue weighted by Crippen LogP contribution is -2.63. The van der Waals surface area contributed by atoms with Crippen LogP contribution in [0.5, 0.6) is 0 Å². The summed E-state index contributed by atoms with van der Waals surface area (Å²) in [4.78, 5) is 16.6. The molecule has 2 aliphatic heterocycles. The summed E-state index contributed by atoms with van der Waals surface area (Å²) >= 11 is 0. The minimum Gasteiger partial charge on any atom is -0.381 e. The Morgan fingerprint density at radius 1 is 1.17 bits per heavy atom. The second kappa shape index (κ2) is 5.17. The van der Waals surface area contributed by atoms with Crippen molar-refractivity contribution in [1.82, 2.24) is 9.80 Å². The summed E-state index contributed by atoms with van der Waals surface area (Å²) in [5, 5.41) is 0. The Kier molecular flexibility index (Phi) is 3.57. The van der Waals surface area contributed by atoms with Gasteiger partial charge in [-0.1, -0.05) is 6.92 Å². The molecule has 0 aromatic heterocycles. The molecule has 0 unspecified atom stereocenters. The Balaban J connectivity index is 1.50. The molecule has 0 aromatic carbocycles. The zero-order chi connectivity index (χ0) is 12.5. The number of carbonyl (C=O) groups excluding carboxylic acids is 1. The van der Waals surface area contributed by atoms with Crippen molar-refractivity contribution in [3.8, 4) is 0 Å². The molecule has 4 heteroatoms. The van der Waals surface area contributed by atoms with Crippen molar-refractivity contribution >= 4 is 5.91 Å². The molecule has 0 aromatic rings. The van der Waals surface area contributed by atoms with Gasteiger partial charge in [-0.25, -0.2) is 0 Å². The molecule has 3 fully saturated rings. The molecule has 2 heterocycles. The molecule has 0 spiro atoms. The first-order valence-corrected chi connectivity index (χ1v) is 7.42. The second-order valence-electron chi connectivity index (χ2n) is 5.85. The van der Waals surface area contributed by atoms with Crippen LogP contribution in [0.1, 0.15) is 32.6 Å². The maximum absolute atomic E-state index is 11.9. The smallest absolute Gasteiger partial charge is 0.225 e. The molecule has 18 heavy (non-hydrogen) atoms. The fourth-order valence-corrected chi connectivity index (χ4v) is 3.26. The van der Waals surface area contributed by atoms with Gasteiger partial charge in [-0.3, -0.25) is 9.69 Å². The van der Waals surface area contributed by atoms with Crippen LogP contribution in [0, 0.1) is 5.92 Å². The number of nitrogens with zero attached hydrogens (tertiary/aromatic N) is 2. The number of ether oxygens (including phenoxy) is 1. The zero-order valence-corrected chi connectivity index (χ0v) is 11.3. The van der Waals surface area contributed by atoms with Gasteiger partial charge in [0.1, 0.15) is 0 Å². The van der Waals surface area contributed by atoms with Crippen LogP contribution in [0.15, 0.2) is 0 Å². The average Bonchev–Trinajstić information content (AvgIpc) is 3.17. The van der Waals surface area contributed by atoms with E-state index in [9.17, 15) is 4.79 Å². The van der Waals surface area contributed by atoms with Gasteiger partial charge in [0, 0.05) is 44.3 Å². The van der Waals surface area contributed by atoms with Crippen LogP contribution in [-0.4, -0.2) is 60.6 Å². The minimum absolute atomic E-state index is 0.379. The van der Waals surface area contributed by atoms with E-state index in [1.54, 1.807) is 0 Å². The third-order valence-electron chi connectivity index (χ3n) is 4.59. The zero-order valence-electron chi connectivity index (χ0n) is 11.3. The molecule has 3 aliphatic rings. The number of carbonyl (C=O) groups is 1.